The smallest absolute Gasteiger partial charge is 0.321 e. The van der Waals surface area contributed by atoms with Gasteiger partial charge in [0.25, 0.3) is 5.91 Å². The van der Waals surface area contributed by atoms with Crippen LogP contribution in [0.4, 0.5) is 11.6 Å². The van der Waals surface area contributed by atoms with E-state index in [1.54, 1.807) is 49.5 Å². The van der Waals surface area contributed by atoms with Crippen molar-refractivity contribution in [3.8, 4) is 17.5 Å². The first-order valence-corrected chi connectivity index (χ1v) is 8.37. The average Bonchev–Trinajstić information content (AvgIpc) is 2.68. The Morgan fingerprint density at radius 1 is 1.04 bits per heavy atom. The van der Waals surface area contributed by atoms with Gasteiger partial charge in [0, 0.05) is 24.4 Å². The van der Waals surface area contributed by atoms with Crippen molar-refractivity contribution in [3.05, 3.63) is 53.7 Å². The van der Waals surface area contributed by atoms with Gasteiger partial charge in [0.15, 0.2) is 5.82 Å². The fourth-order valence-corrected chi connectivity index (χ4v) is 2.48. The second-order valence-electron chi connectivity index (χ2n) is 5.85. The molecule has 0 fully saturated rings. The number of aromatic nitrogens is 4. The standard InChI is InChI=1S/C19H18N6O3/c1-11-10-13(21-12(2)26)7-8-14(11)17(27)24-18-22-16(23-19(25-18)28-3)15-6-4-5-9-20-15/h4-10H,1-3H3,(H,21,26)(H,22,23,24,25,27). The maximum Gasteiger partial charge on any atom is 0.321 e. The predicted molar refractivity (Wildman–Crippen MR) is 103 cm³/mol. The summed E-state index contributed by atoms with van der Waals surface area (Å²) in [4.78, 5) is 40.5. The summed E-state index contributed by atoms with van der Waals surface area (Å²) >= 11 is 0. The third-order valence-electron chi connectivity index (χ3n) is 3.71. The number of rotatable bonds is 5. The summed E-state index contributed by atoms with van der Waals surface area (Å²) in [5, 5.41) is 5.32. The number of aryl methyl sites for hydroxylation is 1. The summed E-state index contributed by atoms with van der Waals surface area (Å²) < 4.78 is 5.10. The highest BCUT2D eigenvalue weighted by atomic mass is 16.5. The van der Waals surface area contributed by atoms with Gasteiger partial charge in [-0.3, -0.25) is 19.9 Å². The Balaban J connectivity index is 1.87. The van der Waals surface area contributed by atoms with Crippen molar-refractivity contribution in [2.45, 2.75) is 13.8 Å². The van der Waals surface area contributed by atoms with Gasteiger partial charge >= 0.3 is 6.01 Å². The van der Waals surface area contributed by atoms with Crippen LogP contribution in [-0.4, -0.2) is 38.9 Å². The van der Waals surface area contributed by atoms with Crippen LogP contribution in [0.1, 0.15) is 22.8 Å². The molecule has 2 N–H and O–H groups in total. The normalized spacial score (nSPS) is 10.2. The van der Waals surface area contributed by atoms with Crippen LogP contribution in [0.15, 0.2) is 42.6 Å². The molecule has 0 unspecified atom stereocenters. The lowest BCUT2D eigenvalue weighted by Gasteiger charge is -2.10. The molecule has 0 spiro atoms. The van der Waals surface area contributed by atoms with E-state index in [9.17, 15) is 9.59 Å². The lowest BCUT2D eigenvalue weighted by atomic mass is 10.1. The molecule has 0 bridgehead atoms. The summed E-state index contributed by atoms with van der Waals surface area (Å²) in [6.45, 7) is 3.19. The molecule has 1 aromatic carbocycles. The Kier molecular flexibility index (Phi) is 5.54. The number of amides is 2. The van der Waals surface area contributed by atoms with E-state index in [1.165, 1.54) is 14.0 Å². The van der Waals surface area contributed by atoms with Gasteiger partial charge in [0.05, 0.1) is 7.11 Å². The molecule has 0 radical (unpaired) electrons. The van der Waals surface area contributed by atoms with Gasteiger partial charge in [-0.15, -0.1) is 0 Å². The van der Waals surface area contributed by atoms with Gasteiger partial charge in [0.2, 0.25) is 11.9 Å². The molecule has 28 heavy (non-hydrogen) atoms. The Hall–Kier alpha value is -3.88. The maximum absolute atomic E-state index is 12.7. The van der Waals surface area contributed by atoms with E-state index in [4.69, 9.17) is 4.74 Å². The highest BCUT2D eigenvalue weighted by Gasteiger charge is 2.15. The lowest BCUT2D eigenvalue weighted by molar-refractivity contribution is -0.114. The number of methoxy groups -OCH3 is 1. The van der Waals surface area contributed by atoms with Crippen LogP contribution < -0.4 is 15.4 Å². The quantitative estimate of drug-likeness (QED) is 0.700. The zero-order chi connectivity index (χ0) is 20.1. The van der Waals surface area contributed by atoms with Crippen molar-refractivity contribution >= 4 is 23.5 Å². The first-order valence-electron chi connectivity index (χ1n) is 8.37. The fourth-order valence-electron chi connectivity index (χ4n) is 2.48. The Morgan fingerprint density at radius 3 is 2.50 bits per heavy atom. The number of carbonyl (C=O) groups excluding carboxylic acids is 2. The second-order valence-corrected chi connectivity index (χ2v) is 5.85. The second kappa shape index (κ2) is 8.21. The van der Waals surface area contributed by atoms with E-state index >= 15 is 0 Å². The Labute approximate surface area is 161 Å². The van der Waals surface area contributed by atoms with Crippen LogP contribution in [0.25, 0.3) is 11.5 Å². The molecular weight excluding hydrogens is 360 g/mol. The number of hydrogen-bond donors (Lipinski definition) is 2. The number of carbonyl (C=O) groups is 2. The van der Waals surface area contributed by atoms with Gasteiger partial charge in [-0.1, -0.05) is 6.07 Å². The third kappa shape index (κ3) is 4.44. The summed E-state index contributed by atoms with van der Waals surface area (Å²) in [6.07, 6.45) is 1.61. The van der Waals surface area contributed by atoms with Gasteiger partial charge in [0.1, 0.15) is 5.69 Å². The minimum atomic E-state index is -0.396. The monoisotopic (exact) mass is 378 g/mol. The number of nitrogens with zero attached hydrogens (tertiary/aromatic N) is 4. The molecule has 9 heteroatoms. The van der Waals surface area contributed by atoms with Gasteiger partial charge in [-0.25, -0.2) is 0 Å². The van der Waals surface area contributed by atoms with Crippen molar-refractivity contribution in [2.24, 2.45) is 0 Å². The molecular formula is C19H18N6O3. The van der Waals surface area contributed by atoms with Crippen LogP contribution in [0.3, 0.4) is 0 Å². The number of anilines is 2. The van der Waals surface area contributed by atoms with E-state index < -0.39 is 5.91 Å². The van der Waals surface area contributed by atoms with Crippen molar-refractivity contribution in [1.82, 2.24) is 19.9 Å². The molecule has 3 aromatic rings. The van der Waals surface area contributed by atoms with E-state index in [1.807, 2.05) is 0 Å². The molecule has 142 valence electrons. The minimum absolute atomic E-state index is 0.0443. The lowest BCUT2D eigenvalue weighted by Crippen LogP contribution is -2.17. The molecule has 3 rings (SSSR count). The molecule has 2 aromatic heterocycles. The van der Waals surface area contributed by atoms with E-state index in [0.717, 1.165) is 0 Å². The van der Waals surface area contributed by atoms with E-state index in [-0.39, 0.29) is 23.7 Å². The molecule has 0 aliphatic heterocycles. The zero-order valence-corrected chi connectivity index (χ0v) is 15.6. The van der Waals surface area contributed by atoms with Crippen molar-refractivity contribution in [3.63, 3.8) is 0 Å². The summed E-state index contributed by atoms with van der Waals surface area (Å²) in [6, 6.07) is 10.4. The number of hydrogen-bond acceptors (Lipinski definition) is 7. The first kappa shape index (κ1) is 18.9. The molecule has 2 heterocycles. The van der Waals surface area contributed by atoms with Crippen molar-refractivity contribution < 1.29 is 14.3 Å². The van der Waals surface area contributed by atoms with Crippen LogP contribution in [0.2, 0.25) is 0 Å². The largest absolute Gasteiger partial charge is 0.467 e. The maximum atomic E-state index is 12.7. The van der Waals surface area contributed by atoms with Crippen LogP contribution >= 0.6 is 0 Å². The van der Waals surface area contributed by atoms with Gasteiger partial charge in [-0.05, 0) is 42.8 Å². The van der Waals surface area contributed by atoms with Crippen LogP contribution in [0.5, 0.6) is 6.01 Å². The Bertz CT molecular complexity index is 1020. The molecule has 0 aliphatic rings. The molecule has 0 saturated heterocycles. The van der Waals surface area contributed by atoms with Crippen molar-refractivity contribution in [1.29, 1.82) is 0 Å². The molecule has 0 atom stereocenters. The Morgan fingerprint density at radius 2 is 1.86 bits per heavy atom. The minimum Gasteiger partial charge on any atom is -0.467 e. The highest BCUT2D eigenvalue weighted by Crippen LogP contribution is 2.19. The fraction of sp³-hybridized carbons (Fsp3) is 0.158. The number of pyridine rings is 1. The molecule has 2 amide bonds. The zero-order valence-electron chi connectivity index (χ0n) is 15.6. The molecule has 0 aliphatic carbocycles. The average molecular weight is 378 g/mol. The number of ether oxygens (including phenoxy) is 1. The summed E-state index contributed by atoms with van der Waals surface area (Å²) in [5.41, 5.74) is 2.25. The number of nitrogens with one attached hydrogen (secondary N) is 2. The third-order valence-corrected chi connectivity index (χ3v) is 3.71. The summed E-state index contributed by atoms with van der Waals surface area (Å²) in [7, 11) is 1.42. The van der Waals surface area contributed by atoms with Crippen LogP contribution in [-0.2, 0) is 4.79 Å². The molecule has 9 nitrogen and oxygen atoms in total. The van der Waals surface area contributed by atoms with Gasteiger partial charge in [-0.2, -0.15) is 15.0 Å². The highest BCUT2D eigenvalue weighted by molar-refractivity contribution is 6.05. The topological polar surface area (TPSA) is 119 Å². The molecule has 0 saturated carbocycles. The SMILES string of the molecule is COc1nc(NC(=O)c2ccc(NC(C)=O)cc2C)nc(-c2ccccn2)n1. The first-order chi connectivity index (χ1) is 13.5. The number of benzene rings is 1. The van der Waals surface area contributed by atoms with Crippen molar-refractivity contribution in [2.75, 3.05) is 17.7 Å². The predicted octanol–water partition coefficient (Wildman–Crippen LogP) is 2.46. The van der Waals surface area contributed by atoms with E-state index in [0.29, 0.717) is 22.5 Å². The van der Waals surface area contributed by atoms with Gasteiger partial charge < -0.3 is 10.1 Å². The summed E-state index contributed by atoms with van der Waals surface area (Å²) in [5.74, 6) is -0.258. The van der Waals surface area contributed by atoms with Crippen LogP contribution in [0, 0.1) is 6.92 Å². The van der Waals surface area contributed by atoms with E-state index in [2.05, 4.69) is 30.6 Å².